The highest BCUT2D eigenvalue weighted by molar-refractivity contribution is 5.94. The average Bonchev–Trinajstić information content (AvgIpc) is 3.39. The molecule has 4 heterocycles. The summed E-state index contributed by atoms with van der Waals surface area (Å²) in [4.78, 5) is 24.2. The molecule has 2 aliphatic heterocycles. The van der Waals surface area contributed by atoms with Gasteiger partial charge in [0.05, 0.1) is 12.7 Å². The van der Waals surface area contributed by atoms with Gasteiger partial charge in [0.15, 0.2) is 0 Å². The molecule has 1 aliphatic carbocycles. The number of methoxy groups -OCH3 is 1. The molecule has 0 unspecified atom stereocenters. The van der Waals surface area contributed by atoms with Crippen LogP contribution in [0, 0.1) is 19.8 Å². The normalized spacial score (nSPS) is 26.9. The van der Waals surface area contributed by atoms with Gasteiger partial charge in [0, 0.05) is 56.9 Å². The van der Waals surface area contributed by atoms with E-state index in [0.29, 0.717) is 36.2 Å². The summed E-state index contributed by atoms with van der Waals surface area (Å²) in [5.74, 6) is 3.89. The van der Waals surface area contributed by atoms with Crippen LogP contribution in [0.1, 0.15) is 78.4 Å². The molecule has 0 aromatic carbocycles. The molecule has 2 saturated heterocycles. The minimum Gasteiger partial charge on any atom is -0.466 e. The fourth-order valence-corrected chi connectivity index (χ4v) is 6.33. The second-order valence-corrected chi connectivity index (χ2v) is 11.2. The topological polar surface area (TPSA) is 102 Å². The predicted molar refractivity (Wildman–Crippen MR) is 145 cm³/mol. The Hall–Kier alpha value is -2.49. The molecule has 9 heteroatoms. The number of hydrogen-bond acceptors (Lipinski definition) is 8. The number of amides is 1. The molecular weight excluding hydrogens is 482 g/mol. The largest absolute Gasteiger partial charge is 0.466 e. The molecule has 2 N–H and O–H groups in total. The molecule has 2 aromatic rings. The monoisotopic (exact) mass is 525 g/mol. The Labute approximate surface area is 226 Å². The van der Waals surface area contributed by atoms with Crippen molar-refractivity contribution < 1.29 is 18.7 Å². The van der Waals surface area contributed by atoms with Crippen molar-refractivity contribution in [3.8, 4) is 0 Å². The summed E-state index contributed by atoms with van der Waals surface area (Å²) >= 11 is 0. The molecule has 38 heavy (non-hydrogen) atoms. The van der Waals surface area contributed by atoms with Crippen LogP contribution in [-0.2, 0) is 9.47 Å². The van der Waals surface area contributed by atoms with Gasteiger partial charge in [0.2, 0.25) is 0 Å². The SMILES string of the molecule is CO[C@@H]1COCC[C@@H]1NC1CCN(C(=O)c2ncnc(NC[C@H]3CCC[C@@H](c4ccc(C)o4)C3)c2C)CC1. The van der Waals surface area contributed by atoms with Gasteiger partial charge in [-0.25, -0.2) is 9.97 Å². The van der Waals surface area contributed by atoms with Crippen LogP contribution in [-0.4, -0.2) is 78.9 Å². The van der Waals surface area contributed by atoms with Gasteiger partial charge >= 0.3 is 0 Å². The lowest BCUT2D eigenvalue weighted by molar-refractivity contribution is -0.0533. The van der Waals surface area contributed by atoms with Crippen molar-refractivity contribution in [3.63, 3.8) is 0 Å². The quantitative estimate of drug-likeness (QED) is 0.532. The number of nitrogens with one attached hydrogen (secondary N) is 2. The lowest BCUT2D eigenvalue weighted by atomic mass is 9.80. The van der Waals surface area contributed by atoms with Gasteiger partial charge in [-0.2, -0.15) is 0 Å². The number of furan rings is 1. The van der Waals surface area contributed by atoms with Gasteiger partial charge in [-0.1, -0.05) is 6.42 Å². The number of aryl methyl sites for hydroxylation is 1. The number of carbonyl (C=O) groups excluding carboxylic acids is 1. The number of aromatic nitrogens is 2. The summed E-state index contributed by atoms with van der Waals surface area (Å²) in [6, 6.07) is 4.87. The first-order chi connectivity index (χ1) is 18.5. The van der Waals surface area contributed by atoms with E-state index in [1.165, 1.54) is 25.6 Å². The van der Waals surface area contributed by atoms with E-state index in [-0.39, 0.29) is 12.0 Å². The first kappa shape index (κ1) is 27.1. The first-order valence-electron chi connectivity index (χ1n) is 14.3. The van der Waals surface area contributed by atoms with Crippen LogP contribution in [0.15, 0.2) is 22.9 Å². The van der Waals surface area contributed by atoms with E-state index >= 15 is 0 Å². The molecule has 1 saturated carbocycles. The number of hydrogen-bond donors (Lipinski definition) is 2. The maximum atomic E-state index is 13.4. The van der Waals surface area contributed by atoms with Crippen LogP contribution in [0.4, 0.5) is 5.82 Å². The Morgan fingerprint density at radius 1 is 1.13 bits per heavy atom. The smallest absolute Gasteiger partial charge is 0.272 e. The highest BCUT2D eigenvalue weighted by atomic mass is 16.5. The molecule has 1 amide bonds. The van der Waals surface area contributed by atoms with Crippen LogP contribution in [0.5, 0.6) is 0 Å². The predicted octanol–water partition coefficient (Wildman–Crippen LogP) is 4.07. The Morgan fingerprint density at radius 3 is 2.74 bits per heavy atom. The van der Waals surface area contributed by atoms with Crippen molar-refractivity contribution in [2.24, 2.45) is 5.92 Å². The van der Waals surface area contributed by atoms with Gasteiger partial charge in [-0.15, -0.1) is 0 Å². The Balaban J connectivity index is 1.13. The fraction of sp³-hybridized carbons (Fsp3) is 0.690. The third-order valence-corrected chi connectivity index (χ3v) is 8.63. The van der Waals surface area contributed by atoms with Gasteiger partial charge in [0.1, 0.15) is 29.4 Å². The third kappa shape index (κ3) is 6.38. The van der Waals surface area contributed by atoms with Crippen molar-refractivity contribution in [3.05, 3.63) is 41.2 Å². The number of anilines is 1. The molecule has 2 aromatic heterocycles. The number of ether oxygens (including phenoxy) is 2. The Bertz CT molecular complexity index is 1070. The van der Waals surface area contributed by atoms with Crippen molar-refractivity contribution in [2.75, 3.05) is 45.3 Å². The van der Waals surface area contributed by atoms with E-state index < -0.39 is 0 Å². The zero-order valence-electron chi connectivity index (χ0n) is 23.1. The Kier molecular flexibility index (Phi) is 8.97. The molecule has 4 atom stereocenters. The molecule has 3 fully saturated rings. The molecule has 0 bridgehead atoms. The number of carbonyl (C=O) groups is 1. The highest BCUT2D eigenvalue weighted by Gasteiger charge is 2.31. The van der Waals surface area contributed by atoms with Gasteiger partial charge in [-0.05, 0) is 70.4 Å². The molecule has 9 nitrogen and oxygen atoms in total. The maximum Gasteiger partial charge on any atom is 0.272 e. The Morgan fingerprint density at radius 2 is 1.97 bits per heavy atom. The standard InChI is InChI=1S/C29H43N5O4/c1-19-7-8-25(38-19)22-6-4-5-21(15-22)16-30-28-20(2)27(31-18-32-28)29(35)34-12-9-23(10-13-34)33-24-11-14-37-17-26(24)36-3/h7-8,18,21-24,26,33H,4-6,9-17H2,1-3H3,(H,30,31,32)/t21-,22+,24-,26+/m0/s1. The van der Waals surface area contributed by atoms with Crippen LogP contribution in [0.2, 0.25) is 0 Å². The van der Waals surface area contributed by atoms with Crippen molar-refractivity contribution >= 4 is 11.7 Å². The summed E-state index contributed by atoms with van der Waals surface area (Å²) in [6.45, 7) is 7.65. The number of piperidine rings is 1. The van der Waals surface area contributed by atoms with E-state index in [1.54, 1.807) is 7.11 Å². The number of rotatable bonds is 8. The van der Waals surface area contributed by atoms with Crippen LogP contribution < -0.4 is 10.6 Å². The highest BCUT2D eigenvalue weighted by Crippen LogP contribution is 2.37. The summed E-state index contributed by atoms with van der Waals surface area (Å²) < 4.78 is 17.1. The van der Waals surface area contributed by atoms with E-state index in [0.717, 1.165) is 74.8 Å². The van der Waals surface area contributed by atoms with E-state index in [9.17, 15) is 4.79 Å². The summed E-state index contributed by atoms with van der Waals surface area (Å²) in [5.41, 5.74) is 1.34. The van der Waals surface area contributed by atoms with Crippen molar-refractivity contribution in [1.82, 2.24) is 20.2 Å². The molecule has 0 spiro atoms. The lowest BCUT2D eigenvalue weighted by Crippen LogP contribution is -2.54. The van der Waals surface area contributed by atoms with Crippen molar-refractivity contribution in [2.45, 2.75) is 82.9 Å². The zero-order chi connectivity index (χ0) is 26.5. The molecule has 0 radical (unpaired) electrons. The number of likely N-dealkylation sites (tertiary alicyclic amines) is 1. The lowest BCUT2D eigenvalue weighted by Gasteiger charge is -2.38. The third-order valence-electron chi connectivity index (χ3n) is 8.63. The van der Waals surface area contributed by atoms with Crippen molar-refractivity contribution in [1.29, 1.82) is 0 Å². The summed E-state index contributed by atoms with van der Waals surface area (Å²) in [5, 5.41) is 7.29. The second-order valence-electron chi connectivity index (χ2n) is 11.2. The van der Waals surface area contributed by atoms with Crippen LogP contribution >= 0.6 is 0 Å². The minimum atomic E-state index is -0.00171. The van der Waals surface area contributed by atoms with Gasteiger partial charge in [0.25, 0.3) is 5.91 Å². The zero-order valence-corrected chi connectivity index (χ0v) is 23.1. The molecule has 3 aliphatic rings. The minimum absolute atomic E-state index is 0.00171. The van der Waals surface area contributed by atoms with E-state index in [4.69, 9.17) is 13.9 Å². The van der Waals surface area contributed by atoms with Crippen LogP contribution in [0.25, 0.3) is 0 Å². The summed E-state index contributed by atoms with van der Waals surface area (Å²) in [7, 11) is 1.75. The second kappa shape index (κ2) is 12.6. The number of nitrogens with zero attached hydrogens (tertiary/aromatic N) is 3. The van der Waals surface area contributed by atoms with Gasteiger partial charge < -0.3 is 29.4 Å². The van der Waals surface area contributed by atoms with E-state index in [1.807, 2.05) is 18.7 Å². The average molecular weight is 526 g/mol. The fourth-order valence-electron chi connectivity index (χ4n) is 6.33. The van der Waals surface area contributed by atoms with Crippen LogP contribution in [0.3, 0.4) is 0 Å². The van der Waals surface area contributed by atoms with Gasteiger partial charge in [-0.3, -0.25) is 4.79 Å². The summed E-state index contributed by atoms with van der Waals surface area (Å²) in [6.07, 6.45) is 9.10. The molecular formula is C29H43N5O4. The molecule has 5 rings (SSSR count). The van der Waals surface area contributed by atoms with E-state index in [2.05, 4.69) is 32.7 Å². The first-order valence-corrected chi connectivity index (χ1v) is 14.3. The maximum absolute atomic E-state index is 13.4. The molecule has 208 valence electrons.